The maximum atomic E-state index is 12.9. The van der Waals surface area contributed by atoms with Gasteiger partial charge in [-0.2, -0.15) is 5.10 Å². The van der Waals surface area contributed by atoms with E-state index in [9.17, 15) is 13.6 Å². The van der Waals surface area contributed by atoms with Gasteiger partial charge in [-0.05, 0) is 43.9 Å². The topological polar surface area (TPSA) is 68.2 Å². The van der Waals surface area contributed by atoms with Crippen LogP contribution in [0.25, 0.3) is 0 Å². The van der Waals surface area contributed by atoms with Crippen molar-refractivity contribution in [3.63, 3.8) is 0 Å². The number of nitrogens with zero attached hydrogens (tertiary/aromatic N) is 2. The van der Waals surface area contributed by atoms with Crippen molar-refractivity contribution in [2.24, 2.45) is 13.0 Å². The fourth-order valence-corrected chi connectivity index (χ4v) is 3.45. The zero-order chi connectivity index (χ0) is 19.4. The molecule has 0 atom stereocenters. The van der Waals surface area contributed by atoms with Gasteiger partial charge in [0.2, 0.25) is 6.43 Å². The number of methoxy groups -OCH3 is 1. The molecule has 2 aromatic rings. The van der Waals surface area contributed by atoms with Gasteiger partial charge < -0.3 is 15.4 Å². The largest absolute Gasteiger partial charge is 0.368 e. The summed E-state index contributed by atoms with van der Waals surface area (Å²) >= 11 is 0. The summed E-state index contributed by atoms with van der Waals surface area (Å²) in [6, 6.07) is 7.28. The van der Waals surface area contributed by atoms with E-state index >= 15 is 0 Å². The quantitative estimate of drug-likeness (QED) is 0.799. The molecule has 2 N–H and O–H groups in total. The first-order valence-corrected chi connectivity index (χ1v) is 8.92. The van der Waals surface area contributed by atoms with Gasteiger partial charge in [-0.3, -0.25) is 9.48 Å². The standard InChI is InChI=1S/C19H24F2N4O2/c1-25-12-16(11-22-25)23-14-4-3-5-15(10-14)24-18(26)19(27-2)8-6-13(7-9-19)17(20)21/h3-5,10-13,17,23H,6-9H2,1-2H3,(H,24,26). The van der Waals surface area contributed by atoms with Crippen LogP contribution in [-0.2, 0) is 16.6 Å². The number of amides is 1. The summed E-state index contributed by atoms with van der Waals surface area (Å²) in [5.74, 6) is -0.954. The molecule has 3 rings (SSSR count). The van der Waals surface area contributed by atoms with Crippen molar-refractivity contribution >= 4 is 23.0 Å². The lowest BCUT2D eigenvalue weighted by Gasteiger charge is -2.37. The maximum Gasteiger partial charge on any atom is 0.256 e. The second kappa shape index (κ2) is 8.04. The highest BCUT2D eigenvalue weighted by Gasteiger charge is 2.43. The highest BCUT2D eigenvalue weighted by molar-refractivity contribution is 5.97. The lowest BCUT2D eigenvalue weighted by Crippen LogP contribution is -2.48. The summed E-state index contributed by atoms with van der Waals surface area (Å²) in [5.41, 5.74) is 1.19. The predicted molar refractivity (Wildman–Crippen MR) is 99.3 cm³/mol. The van der Waals surface area contributed by atoms with Crippen LogP contribution in [0.5, 0.6) is 0 Å². The van der Waals surface area contributed by atoms with Gasteiger partial charge in [-0.25, -0.2) is 8.78 Å². The number of halogens is 2. The summed E-state index contributed by atoms with van der Waals surface area (Å²) in [6.45, 7) is 0. The SMILES string of the molecule is COC1(C(=O)Nc2cccc(Nc3cnn(C)c3)c2)CCC(C(F)F)CC1. The van der Waals surface area contributed by atoms with Crippen molar-refractivity contribution < 1.29 is 18.3 Å². The van der Waals surface area contributed by atoms with E-state index in [2.05, 4.69) is 15.7 Å². The van der Waals surface area contributed by atoms with E-state index in [4.69, 9.17) is 4.74 Å². The van der Waals surface area contributed by atoms with Crippen LogP contribution in [0.2, 0.25) is 0 Å². The molecule has 1 amide bonds. The maximum absolute atomic E-state index is 12.9. The molecule has 1 aromatic carbocycles. The van der Waals surface area contributed by atoms with E-state index in [-0.39, 0.29) is 31.6 Å². The summed E-state index contributed by atoms with van der Waals surface area (Å²) in [5, 5.41) is 10.2. The Kier molecular flexibility index (Phi) is 5.74. The number of benzene rings is 1. The average molecular weight is 378 g/mol. The van der Waals surface area contributed by atoms with E-state index in [0.717, 1.165) is 11.4 Å². The number of carbonyl (C=O) groups excluding carboxylic acids is 1. The zero-order valence-corrected chi connectivity index (χ0v) is 15.4. The predicted octanol–water partition coefficient (Wildman–Crippen LogP) is 3.94. The molecule has 0 bridgehead atoms. The lowest BCUT2D eigenvalue weighted by molar-refractivity contribution is -0.144. The number of aryl methyl sites for hydroxylation is 1. The molecule has 0 spiro atoms. The molecular formula is C19H24F2N4O2. The number of hydrogen-bond donors (Lipinski definition) is 2. The number of hydrogen-bond acceptors (Lipinski definition) is 4. The van der Waals surface area contributed by atoms with Crippen LogP contribution < -0.4 is 10.6 Å². The summed E-state index contributed by atoms with van der Waals surface area (Å²) in [7, 11) is 3.29. The van der Waals surface area contributed by atoms with Gasteiger partial charge >= 0.3 is 0 Å². The van der Waals surface area contributed by atoms with Crippen LogP contribution in [0.1, 0.15) is 25.7 Å². The Bertz CT molecular complexity index is 786. The Morgan fingerprint density at radius 3 is 2.59 bits per heavy atom. The fraction of sp³-hybridized carbons (Fsp3) is 0.474. The molecule has 1 fully saturated rings. The van der Waals surface area contributed by atoms with Crippen LogP contribution in [0.4, 0.5) is 25.8 Å². The molecule has 1 aliphatic rings. The van der Waals surface area contributed by atoms with Gasteiger partial charge in [0.05, 0.1) is 11.9 Å². The number of rotatable bonds is 6. The first-order valence-electron chi connectivity index (χ1n) is 8.92. The van der Waals surface area contributed by atoms with E-state index in [1.54, 1.807) is 23.0 Å². The molecular weight excluding hydrogens is 354 g/mol. The van der Waals surface area contributed by atoms with Crippen molar-refractivity contribution in [1.29, 1.82) is 0 Å². The monoisotopic (exact) mass is 378 g/mol. The second-order valence-corrected chi connectivity index (χ2v) is 6.93. The Hall–Kier alpha value is -2.48. The third-order valence-corrected chi connectivity index (χ3v) is 5.11. The summed E-state index contributed by atoms with van der Waals surface area (Å²) < 4.78 is 33.0. The molecule has 1 aromatic heterocycles. The molecule has 0 unspecified atom stereocenters. The second-order valence-electron chi connectivity index (χ2n) is 6.93. The van der Waals surface area contributed by atoms with Crippen molar-refractivity contribution in [1.82, 2.24) is 9.78 Å². The number of nitrogens with one attached hydrogen (secondary N) is 2. The van der Waals surface area contributed by atoms with Crippen LogP contribution in [-0.4, -0.2) is 34.8 Å². The van der Waals surface area contributed by atoms with Crippen molar-refractivity contribution in [3.05, 3.63) is 36.7 Å². The third kappa shape index (κ3) is 4.44. The first-order chi connectivity index (χ1) is 12.9. The van der Waals surface area contributed by atoms with Crippen LogP contribution in [0.3, 0.4) is 0 Å². The minimum absolute atomic E-state index is 0.279. The van der Waals surface area contributed by atoms with Crippen molar-refractivity contribution in [2.75, 3.05) is 17.7 Å². The normalized spacial score (nSPS) is 22.6. The molecule has 0 saturated heterocycles. The van der Waals surface area contributed by atoms with Gasteiger partial charge in [0.1, 0.15) is 5.60 Å². The van der Waals surface area contributed by atoms with Gasteiger partial charge in [0, 0.05) is 37.6 Å². The Morgan fingerprint density at radius 1 is 1.30 bits per heavy atom. The number of alkyl halides is 2. The van der Waals surface area contributed by atoms with E-state index in [0.29, 0.717) is 5.69 Å². The van der Waals surface area contributed by atoms with Gasteiger partial charge in [0.25, 0.3) is 5.91 Å². The highest BCUT2D eigenvalue weighted by Crippen LogP contribution is 2.38. The molecule has 1 heterocycles. The number of carbonyl (C=O) groups is 1. The number of anilines is 3. The zero-order valence-electron chi connectivity index (χ0n) is 15.4. The summed E-state index contributed by atoms with van der Waals surface area (Å²) in [4.78, 5) is 12.8. The molecule has 8 heteroatoms. The molecule has 27 heavy (non-hydrogen) atoms. The molecule has 0 aliphatic heterocycles. The fourth-order valence-electron chi connectivity index (χ4n) is 3.45. The Labute approximate surface area is 156 Å². The minimum Gasteiger partial charge on any atom is -0.368 e. The van der Waals surface area contributed by atoms with E-state index in [1.165, 1.54) is 7.11 Å². The molecule has 146 valence electrons. The van der Waals surface area contributed by atoms with Gasteiger partial charge in [0.15, 0.2) is 0 Å². The summed E-state index contributed by atoms with van der Waals surface area (Å²) in [6.07, 6.45) is 2.33. The molecule has 0 radical (unpaired) electrons. The van der Waals surface area contributed by atoms with Crippen LogP contribution in [0, 0.1) is 5.92 Å². The highest BCUT2D eigenvalue weighted by atomic mass is 19.3. The Balaban J connectivity index is 1.67. The van der Waals surface area contributed by atoms with Gasteiger partial charge in [-0.15, -0.1) is 0 Å². The van der Waals surface area contributed by atoms with E-state index < -0.39 is 17.9 Å². The van der Waals surface area contributed by atoms with Gasteiger partial charge in [-0.1, -0.05) is 6.07 Å². The number of aromatic nitrogens is 2. The van der Waals surface area contributed by atoms with Crippen LogP contribution >= 0.6 is 0 Å². The van der Waals surface area contributed by atoms with Crippen molar-refractivity contribution in [3.8, 4) is 0 Å². The smallest absolute Gasteiger partial charge is 0.256 e. The van der Waals surface area contributed by atoms with Crippen LogP contribution in [0.15, 0.2) is 36.7 Å². The molecule has 6 nitrogen and oxygen atoms in total. The minimum atomic E-state index is -2.35. The average Bonchev–Trinajstić information content (AvgIpc) is 3.06. The first kappa shape index (κ1) is 19.3. The molecule has 1 aliphatic carbocycles. The van der Waals surface area contributed by atoms with E-state index in [1.807, 2.05) is 25.4 Å². The lowest BCUT2D eigenvalue weighted by atomic mass is 9.78. The third-order valence-electron chi connectivity index (χ3n) is 5.11. The van der Waals surface area contributed by atoms with Crippen molar-refractivity contribution in [2.45, 2.75) is 37.7 Å². The number of ether oxygens (including phenoxy) is 1. The Morgan fingerprint density at radius 2 is 2.00 bits per heavy atom. The molecule has 1 saturated carbocycles.